The molecular formula is C35H38N8O4. The molecule has 0 saturated carbocycles. The van der Waals surface area contributed by atoms with Crippen LogP contribution in [0.25, 0.3) is 33.3 Å². The lowest BCUT2D eigenvalue weighted by molar-refractivity contribution is 0.0499. The van der Waals surface area contributed by atoms with Gasteiger partial charge in [0.2, 0.25) is 5.95 Å². The van der Waals surface area contributed by atoms with Crippen LogP contribution in [-0.4, -0.2) is 59.5 Å². The van der Waals surface area contributed by atoms with Gasteiger partial charge in [-0.3, -0.25) is 18.5 Å². The van der Waals surface area contributed by atoms with Crippen LogP contribution in [0.15, 0.2) is 64.2 Å². The number of piperidine rings is 1. The predicted molar refractivity (Wildman–Crippen MR) is 181 cm³/mol. The average molecular weight is 635 g/mol. The first-order valence-electron chi connectivity index (χ1n) is 15.7. The number of ether oxygens (including phenoxy) is 1. The smallest absolute Gasteiger partial charge is 0.407 e. The number of hydrogen-bond acceptors (Lipinski definition) is 8. The number of rotatable bonds is 6. The summed E-state index contributed by atoms with van der Waals surface area (Å²) >= 11 is 0. The van der Waals surface area contributed by atoms with E-state index in [2.05, 4.69) is 17.2 Å². The molecule has 12 nitrogen and oxygen atoms in total. The Labute approximate surface area is 272 Å². The van der Waals surface area contributed by atoms with Crippen molar-refractivity contribution in [3.8, 4) is 23.1 Å². The minimum absolute atomic E-state index is 0.127. The average Bonchev–Trinajstić information content (AvgIpc) is 3.44. The molecule has 0 unspecified atom stereocenters. The van der Waals surface area contributed by atoms with Crippen LogP contribution in [0.3, 0.4) is 0 Å². The van der Waals surface area contributed by atoms with Crippen LogP contribution in [0.4, 0.5) is 10.7 Å². The minimum Gasteiger partial charge on any atom is -0.444 e. The van der Waals surface area contributed by atoms with E-state index in [-0.39, 0.29) is 30.3 Å². The number of alkyl carbamates (subject to hydrolysis) is 1. The second-order valence-corrected chi connectivity index (χ2v) is 12.6. The third-order valence-electron chi connectivity index (χ3n) is 8.05. The molecule has 12 heteroatoms. The molecule has 4 heterocycles. The summed E-state index contributed by atoms with van der Waals surface area (Å²) in [5.74, 6) is 6.82. The standard InChI is InChI=1S/C35H38N8O4/c1-6-7-20-42-29-30(39-32(42)41-19-13-16-24(21-41)36-33(45)47-35(2,3)4)40(5)34(46)43(31(29)44)22-27-37-26-18-12-11-17-25(26)28(38-27)23-14-9-8-10-15-23/h8-12,14-15,17-18,24H,13,16,19-22H2,1-5H3,(H,36,45)/t24-/m0/s1. The highest BCUT2D eigenvalue weighted by atomic mass is 16.6. The Morgan fingerprint density at radius 1 is 1.02 bits per heavy atom. The zero-order valence-corrected chi connectivity index (χ0v) is 27.3. The van der Waals surface area contributed by atoms with Gasteiger partial charge in [0, 0.05) is 37.1 Å². The maximum atomic E-state index is 14.2. The number of hydrogen-bond donors (Lipinski definition) is 1. The number of nitrogens with zero attached hydrogens (tertiary/aromatic N) is 7. The van der Waals surface area contributed by atoms with Crippen LogP contribution in [-0.2, 0) is 24.9 Å². The first kappa shape index (κ1) is 31.5. The molecule has 0 aliphatic carbocycles. The molecular weight excluding hydrogens is 596 g/mol. The number of benzene rings is 2. The molecule has 1 amide bonds. The first-order valence-corrected chi connectivity index (χ1v) is 15.7. The number of amides is 1. The van der Waals surface area contributed by atoms with Crippen molar-refractivity contribution in [1.29, 1.82) is 0 Å². The monoisotopic (exact) mass is 634 g/mol. The van der Waals surface area contributed by atoms with Crippen LogP contribution in [0.2, 0.25) is 0 Å². The van der Waals surface area contributed by atoms with Crippen molar-refractivity contribution < 1.29 is 9.53 Å². The van der Waals surface area contributed by atoms with Crippen molar-refractivity contribution in [3.63, 3.8) is 0 Å². The van der Waals surface area contributed by atoms with Gasteiger partial charge < -0.3 is 15.0 Å². The number of anilines is 1. The van der Waals surface area contributed by atoms with Crippen molar-refractivity contribution in [3.05, 3.63) is 81.3 Å². The van der Waals surface area contributed by atoms with E-state index >= 15 is 0 Å². The molecule has 1 aliphatic rings. The lowest BCUT2D eigenvalue weighted by Crippen LogP contribution is -2.49. The Kier molecular flexibility index (Phi) is 8.56. The van der Waals surface area contributed by atoms with Crippen molar-refractivity contribution in [2.24, 2.45) is 7.05 Å². The molecule has 2 aromatic carbocycles. The van der Waals surface area contributed by atoms with Gasteiger partial charge >= 0.3 is 11.8 Å². The van der Waals surface area contributed by atoms with Crippen LogP contribution in [0.5, 0.6) is 0 Å². The molecule has 47 heavy (non-hydrogen) atoms. The number of nitrogens with one attached hydrogen (secondary N) is 1. The number of aromatic nitrogens is 6. The Morgan fingerprint density at radius 3 is 2.51 bits per heavy atom. The maximum absolute atomic E-state index is 14.2. The molecule has 5 aromatic rings. The van der Waals surface area contributed by atoms with Gasteiger partial charge in [0.25, 0.3) is 5.56 Å². The van der Waals surface area contributed by atoms with E-state index in [9.17, 15) is 14.4 Å². The molecule has 1 atom stereocenters. The molecule has 1 aliphatic heterocycles. The number of carbonyl (C=O) groups excluding carboxylic acids is 1. The van der Waals surface area contributed by atoms with Crippen molar-refractivity contribution >= 4 is 34.1 Å². The Balaban J connectivity index is 1.42. The highest BCUT2D eigenvalue weighted by Gasteiger charge is 2.29. The van der Waals surface area contributed by atoms with E-state index in [1.54, 1.807) is 18.5 Å². The SMILES string of the molecule is CC#CCn1c(N2CCC[C@H](NC(=O)OC(C)(C)C)C2)nc2c1c(=O)n(Cc1nc(-c3ccccc3)c3ccccc3n1)c(=O)n2C. The Hall–Kier alpha value is -5.44. The second-order valence-electron chi connectivity index (χ2n) is 12.6. The molecule has 1 fully saturated rings. The van der Waals surface area contributed by atoms with Crippen molar-refractivity contribution in [2.75, 3.05) is 18.0 Å². The molecule has 6 rings (SSSR count). The third kappa shape index (κ3) is 6.47. The highest BCUT2D eigenvalue weighted by Crippen LogP contribution is 2.27. The third-order valence-corrected chi connectivity index (χ3v) is 8.05. The van der Waals surface area contributed by atoms with E-state index in [4.69, 9.17) is 19.7 Å². The maximum Gasteiger partial charge on any atom is 0.407 e. The summed E-state index contributed by atoms with van der Waals surface area (Å²) in [5.41, 5.74) is 1.23. The Morgan fingerprint density at radius 2 is 1.77 bits per heavy atom. The summed E-state index contributed by atoms with van der Waals surface area (Å²) in [6.07, 6.45) is 1.08. The normalized spacial score (nSPS) is 15.0. The summed E-state index contributed by atoms with van der Waals surface area (Å²) in [6, 6.07) is 17.3. The van der Waals surface area contributed by atoms with Gasteiger partial charge in [0.15, 0.2) is 11.2 Å². The summed E-state index contributed by atoms with van der Waals surface area (Å²) in [4.78, 5) is 56.9. The molecule has 0 spiro atoms. The van der Waals surface area contributed by atoms with Gasteiger partial charge in [-0.05, 0) is 46.6 Å². The minimum atomic E-state index is -0.614. The summed E-state index contributed by atoms with van der Waals surface area (Å²) in [7, 11) is 1.60. The summed E-state index contributed by atoms with van der Waals surface area (Å²) < 4.78 is 9.77. The summed E-state index contributed by atoms with van der Waals surface area (Å²) in [5, 5.41) is 3.84. The van der Waals surface area contributed by atoms with Crippen LogP contribution in [0.1, 0.15) is 46.4 Å². The topological polar surface area (TPSA) is 129 Å². The van der Waals surface area contributed by atoms with Crippen LogP contribution < -0.4 is 21.5 Å². The number of para-hydroxylation sites is 1. The van der Waals surface area contributed by atoms with Gasteiger partial charge in [0.1, 0.15) is 11.4 Å². The number of imidazole rings is 1. The van der Waals surface area contributed by atoms with Crippen molar-refractivity contribution in [1.82, 2.24) is 34.0 Å². The van der Waals surface area contributed by atoms with Gasteiger partial charge in [-0.25, -0.2) is 19.6 Å². The molecule has 3 aromatic heterocycles. The fourth-order valence-corrected chi connectivity index (χ4v) is 5.95. The quantitative estimate of drug-likeness (QED) is 0.277. The highest BCUT2D eigenvalue weighted by molar-refractivity contribution is 5.92. The zero-order valence-electron chi connectivity index (χ0n) is 27.3. The van der Waals surface area contributed by atoms with Gasteiger partial charge in [-0.1, -0.05) is 54.5 Å². The van der Waals surface area contributed by atoms with Gasteiger partial charge in [-0.15, -0.1) is 5.92 Å². The van der Waals surface area contributed by atoms with E-state index < -0.39 is 22.9 Å². The van der Waals surface area contributed by atoms with E-state index in [0.29, 0.717) is 30.4 Å². The lowest BCUT2D eigenvalue weighted by atomic mass is 10.1. The Bertz CT molecular complexity index is 2150. The fraction of sp³-hybridized carbons (Fsp3) is 0.371. The molecule has 1 N–H and O–H groups in total. The first-order chi connectivity index (χ1) is 22.5. The number of carbonyl (C=O) groups is 1. The number of aryl methyl sites for hydroxylation is 1. The van der Waals surface area contributed by atoms with E-state index in [1.165, 1.54) is 4.57 Å². The zero-order chi connectivity index (χ0) is 33.3. The van der Waals surface area contributed by atoms with Gasteiger partial charge in [0.05, 0.1) is 24.3 Å². The lowest BCUT2D eigenvalue weighted by Gasteiger charge is -2.34. The van der Waals surface area contributed by atoms with Crippen molar-refractivity contribution in [2.45, 2.75) is 65.3 Å². The van der Waals surface area contributed by atoms with E-state index in [0.717, 1.165) is 34.1 Å². The molecule has 242 valence electrons. The second kappa shape index (κ2) is 12.7. The molecule has 1 saturated heterocycles. The number of fused-ring (bicyclic) bond motifs is 2. The van der Waals surface area contributed by atoms with Crippen LogP contribution in [0, 0.1) is 11.8 Å². The molecule has 0 radical (unpaired) electrons. The molecule has 0 bridgehead atoms. The van der Waals surface area contributed by atoms with E-state index in [1.807, 2.05) is 80.3 Å². The summed E-state index contributed by atoms with van der Waals surface area (Å²) in [6.45, 7) is 8.38. The largest absolute Gasteiger partial charge is 0.444 e. The fourth-order valence-electron chi connectivity index (χ4n) is 5.95. The predicted octanol–water partition coefficient (Wildman–Crippen LogP) is 4.07. The van der Waals surface area contributed by atoms with Gasteiger partial charge in [-0.2, -0.15) is 4.98 Å². The van der Waals surface area contributed by atoms with Crippen LogP contribution >= 0.6 is 0 Å².